The van der Waals surface area contributed by atoms with Crippen molar-refractivity contribution in [3.63, 3.8) is 0 Å². The van der Waals surface area contributed by atoms with E-state index < -0.39 is 6.04 Å². The molecule has 0 aliphatic rings. The summed E-state index contributed by atoms with van der Waals surface area (Å²) in [7, 11) is 0. The number of hydrogen-bond acceptors (Lipinski definition) is 2. The summed E-state index contributed by atoms with van der Waals surface area (Å²) in [4.78, 5) is 0. The molecule has 0 saturated heterocycles. The molecule has 0 bridgehead atoms. The molecule has 17 heavy (non-hydrogen) atoms. The normalized spacial score (nSPS) is 12.8. The number of nitrogens with two attached hydrogens (primary N) is 1. The minimum Gasteiger partial charge on any atom is -0.320 e. The van der Waals surface area contributed by atoms with Gasteiger partial charge in [-0.25, -0.2) is 4.39 Å². The standard InChI is InChI=1S/C11H7Br2ClFNS/c12-9-4-7(11(13)17-9)10(16)6-3-5(15)1-2-8(6)14/h1-4,10H,16H2. The van der Waals surface area contributed by atoms with Gasteiger partial charge in [0, 0.05) is 5.02 Å². The Morgan fingerprint density at radius 2 is 1.94 bits per heavy atom. The van der Waals surface area contributed by atoms with E-state index in [-0.39, 0.29) is 5.82 Å². The van der Waals surface area contributed by atoms with Crippen molar-refractivity contribution in [3.05, 3.63) is 53.8 Å². The van der Waals surface area contributed by atoms with Gasteiger partial charge >= 0.3 is 0 Å². The maximum absolute atomic E-state index is 13.2. The van der Waals surface area contributed by atoms with E-state index in [1.54, 1.807) is 0 Å². The van der Waals surface area contributed by atoms with Crippen LogP contribution in [0.5, 0.6) is 0 Å². The summed E-state index contributed by atoms with van der Waals surface area (Å²) in [5.74, 6) is -0.342. The van der Waals surface area contributed by atoms with Gasteiger partial charge in [-0.2, -0.15) is 0 Å². The van der Waals surface area contributed by atoms with E-state index in [0.717, 1.165) is 13.1 Å². The van der Waals surface area contributed by atoms with Crippen LogP contribution in [0.3, 0.4) is 0 Å². The van der Waals surface area contributed by atoms with Crippen LogP contribution in [-0.2, 0) is 0 Å². The number of benzene rings is 1. The molecule has 1 aromatic heterocycles. The van der Waals surface area contributed by atoms with Crippen molar-refractivity contribution < 1.29 is 4.39 Å². The van der Waals surface area contributed by atoms with Gasteiger partial charge < -0.3 is 5.73 Å². The molecule has 0 aliphatic heterocycles. The molecule has 90 valence electrons. The molecule has 2 N–H and O–H groups in total. The highest BCUT2D eigenvalue weighted by molar-refractivity contribution is 9.12. The van der Waals surface area contributed by atoms with Gasteiger partial charge in [0.15, 0.2) is 0 Å². The zero-order valence-corrected chi connectivity index (χ0v) is 13.1. The summed E-state index contributed by atoms with van der Waals surface area (Å²) in [5.41, 5.74) is 7.57. The Bertz CT molecular complexity index is 558. The van der Waals surface area contributed by atoms with Gasteiger partial charge in [0.1, 0.15) is 5.82 Å². The molecule has 1 aromatic carbocycles. The molecule has 1 atom stereocenters. The van der Waals surface area contributed by atoms with Crippen molar-refractivity contribution in [2.75, 3.05) is 0 Å². The lowest BCUT2D eigenvalue weighted by atomic mass is 10.0. The van der Waals surface area contributed by atoms with E-state index in [9.17, 15) is 4.39 Å². The van der Waals surface area contributed by atoms with E-state index in [4.69, 9.17) is 17.3 Å². The molecule has 0 radical (unpaired) electrons. The van der Waals surface area contributed by atoms with Crippen LogP contribution in [0, 0.1) is 5.82 Å². The minimum atomic E-state index is -0.449. The van der Waals surface area contributed by atoms with E-state index in [1.165, 1.54) is 29.5 Å². The predicted molar refractivity (Wildman–Crippen MR) is 77.2 cm³/mol. The summed E-state index contributed by atoms with van der Waals surface area (Å²) in [5, 5.41) is 0.466. The van der Waals surface area contributed by atoms with Crippen molar-refractivity contribution in [1.29, 1.82) is 0 Å². The molecule has 0 saturated carbocycles. The first-order valence-electron chi connectivity index (χ1n) is 4.64. The Kier molecular flexibility index (Phi) is 4.26. The largest absolute Gasteiger partial charge is 0.320 e. The van der Waals surface area contributed by atoms with Gasteiger partial charge in [-0.15, -0.1) is 11.3 Å². The number of rotatable bonds is 2. The van der Waals surface area contributed by atoms with Crippen LogP contribution in [-0.4, -0.2) is 0 Å². The van der Waals surface area contributed by atoms with Crippen LogP contribution in [0.2, 0.25) is 5.02 Å². The Morgan fingerprint density at radius 3 is 2.53 bits per heavy atom. The molecule has 0 spiro atoms. The van der Waals surface area contributed by atoms with E-state index in [1.807, 2.05) is 6.07 Å². The molecule has 0 aliphatic carbocycles. The monoisotopic (exact) mass is 397 g/mol. The number of thiophene rings is 1. The quantitative estimate of drug-likeness (QED) is 0.746. The summed E-state index contributed by atoms with van der Waals surface area (Å²) in [6, 6.07) is 5.65. The SMILES string of the molecule is NC(c1cc(F)ccc1Cl)c1cc(Br)sc1Br. The molecular weight excluding hydrogens is 392 g/mol. The third kappa shape index (κ3) is 2.90. The van der Waals surface area contributed by atoms with Gasteiger partial charge in [0.05, 0.1) is 13.6 Å². The van der Waals surface area contributed by atoms with Crippen LogP contribution >= 0.6 is 54.8 Å². The summed E-state index contributed by atoms with van der Waals surface area (Å²) in [6.45, 7) is 0. The number of hydrogen-bond donors (Lipinski definition) is 1. The Morgan fingerprint density at radius 1 is 1.24 bits per heavy atom. The summed E-state index contributed by atoms with van der Waals surface area (Å²) >= 11 is 14.4. The molecule has 0 fully saturated rings. The van der Waals surface area contributed by atoms with Crippen molar-refractivity contribution in [2.24, 2.45) is 5.73 Å². The number of halogens is 4. The van der Waals surface area contributed by atoms with Crippen molar-refractivity contribution in [3.8, 4) is 0 Å². The van der Waals surface area contributed by atoms with E-state index >= 15 is 0 Å². The van der Waals surface area contributed by atoms with Crippen molar-refractivity contribution >= 4 is 54.8 Å². The lowest BCUT2D eigenvalue weighted by molar-refractivity contribution is 0.623. The van der Waals surface area contributed by atoms with Crippen molar-refractivity contribution in [1.82, 2.24) is 0 Å². The first-order valence-corrected chi connectivity index (χ1v) is 7.42. The smallest absolute Gasteiger partial charge is 0.123 e. The second-order valence-electron chi connectivity index (χ2n) is 3.42. The topological polar surface area (TPSA) is 26.0 Å². The van der Waals surface area contributed by atoms with Crippen LogP contribution in [0.1, 0.15) is 17.2 Å². The van der Waals surface area contributed by atoms with Crippen LogP contribution in [0.25, 0.3) is 0 Å². The maximum atomic E-state index is 13.2. The van der Waals surface area contributed by atoms with Gasteiger partial charge in [-0.1, -0.05) is 11.6 Å². The molecular formula is C11H7Br2ClFNS. The summed E-state index contributed by atoms with van der Waals surface area (Å²) < 4.78 is 15.1. The Hall–Kier alpha value is 0.0600. The van der Waals surface area contributed by atoms with E-state index in [0.29, 0.717) is 10.6 Å². The average molecular weight is 400 g/mol. The first-order chi connectivity index (χ1) is 7.99. The fourth-order valence-corrected chi connectivity index (χ4v) is 4.65. The average Bonchev–Trinajstić information content (AvgIpc) is 2.60. The van der Waals surface area contributed by atoms with Crippen LogP contribution < -0.4 is 5.73 Å². The molecule has 2 rings (SSSR count). The van der Waals surface area contributed by atoms with Crippen LogP contribution in [0.15, 0.2) is 31.8 Å². The predicted octanol–water partition coefficient (Wildman–Crippen LogP) is 5.11. The highest BCUT2D eigenvalue weighted by atomic mass is 79.9. The highest BCUT2D eigenvalue weighted by Crippen LogP contribution is 2.38. The van der Waals surface area contributed by atoms with Gasteiger partial charge in [0.2, 0.25) is 0 Å². The fraction of sp³-hybridized carbons (Fsp3) is 0.0909. The molecule has 0 amide bonds. The Balaban J connectivity index is 2.46. The fourth-order valence-electron chi connectivity index (χ4n) is 1.49. The molecule has 1 unspecified atom stereocenters. The third-order valence-electron chi connectivity index (χ3n) is 2.31. The first kappa shape index (κ1) is 13.5. The maximum Gasteiger partial charge on any atom is 0.123 e. The molecule has 1 heterocycles. The third-order valence-corrected chi connectivity index (χ3v) is 5.04. The van der Waals surface area contributed by atoms with Gasteiger partial charge in [-0.3, -0.25) is 0 Å². The van der Waals surface area contributed by atoms with Crippen LogP contribution in [0.4, 0.5) is 4.39 Å². The molecule has 1 nitrogen and oxygen atoms in total. The summed E-state index contributed by atoms with van der Waals surface area (Å²) in [6.07, 6.45) is 0. The van der Waals surface area contributed by atoms with Gasteiger partial charge in [-0.05, 0) is 67.3 Å². The second-order valence-corrected chi connectivity index (χ2v) is 7.58. The zero-order chi connectivity index (χ0) is 12.6. The van der Waals surface area contributed by atoms with Crippen molar-refractivity contribution in [2.45, 2.75) is 6.04 Å². The lowest BCUT2D eigenvalue weighted by Crippen LogP contribution is -2.12. The second kappa shape index (κ2) is 5.36. The molecule has 2 aromatic rings. The highest BCUT2D eigenvalue weighted by Gasteiger charge is 2.18. The zero-order valence-electron chi connectivity index (χ0n) is 8.38. The Labute approximate surface area is 124 Å². The lowest BCUT2D eigenvalue weighted by Gasteiger charge is -2.13. The molecule has 6 heteroatoms. The van der Waals surface area contributed by atoms with E-state index in [2.05, 4.69) is 31.9 Å². The van der Waals surface area contributed by atoms with Gasteiger partial charge in [0.25, 0.3) is 0 Å². The minimum absolute atomic E-state index is 0.342.